The van der Waals surface area contributed by atoms with E-state index < -0.39 is 26.9 Å². The minimum Gasteiger partial charge on any atom is -0.506 e. The maximum Gasteiger partial charge on any atom is 0.255 e. The van der Waals surface area contributed by atoms with Crippen LogP contribution in [0.1, 0.15) is 94.8 Å². The lowest BCUT2D eigenvalue weighted by Crippen LogP contribution is -2.34. The molecule has 0 aromatic heterocycles. The molecule has 3 aromatic rings. The predicted molar refractivity (Wildman–Crippen MR) is 181 cm³/mol. The molecule has 1 unspecified atom stereocenters. The van der Waals surface area contributed by atoms with Crippen molar-refractivity contribution in [3.05, 3.63) is 77.3 Å². The van der Waals surface area contributed by atoms with E-state index in [1.807, 2.05) is 0 Å². The maximum absolute atomic E-state index is 13.4. The van der Waals surface area contributed by atoms with Crippen molar-refractivity contribution in [3.8, 4) is 11.5 Å². The van der Waals surface area contributed by atoms with E-state index >= 15 is 0 Å². The van der Waals surface area contributed by atoms with E-state index in [0.29, 0.717) is 17.9 Å². The van der Waals surface area contributed by atoms with Gasteiger partial charge in [-0.1, -0.05) is 101 Å². The summed E-state index contributed by atoms with van der Waals surface area (Å²) >= 11 is 6.34. The number of sulfone groups is 1. The largest absolute Gasteiger partial charge is 0.506 e. The van der Waals surface area contributed by atoms with Gasteiger partial charge in [0.25, 0.3) is 5.91 Å². The van der Waals surface area contributed by atoms with Gasteiger partial charge in [0, 0.05) is 11.6 Å². The molecule has 0 radical (unpaired) electrons. The summed E-state index contributed by atoms with van der Waals surface area (Å²) in [6.45, 7) is 4.39. The molecule has 10 heteroatoms. The van der Waals surface area contributed by atoms with E-state index in [1.165, 1.54) is 75.6 Å². The molecule has 0 spiro atoms. The van der Waals surface area contributed by atoms with Crippen molar-refractivity contribution in [2.75, 3.05) is 17.2 Å². The number of ether oxygens (including phenoxy) is 1. The number of amides is 2. The molecule has 3 rings (SSSR count). The molecule has 0 aliphatic rings. The molecular weight excluding hydrogens is 612 g/mol. The molecule has 0 saturated carbocycles. The number of benzene rings is 3. The summed E-state index contributed by atoms with van der Waals surface area (Å²) in [5.74, 6) is -1.01. The first-order valence-electron chi connectivity index (χ1n) is 15.8. The third-order valence-corrected chi connectivity index (χ3v) is 10.1. The number of carbonyl (C=O) groups excluding carboxylic acids is 2. The quantitative estimate of drug-likeness (QED) is 0.0876. The number of hydrogen-bond acceptors (Lipinski definition) is 6. The Balaban J connectivity index is 1.52. The number of phenolic OH excluding ortho intramolecular Hbond substituents is 1. The molecule has 3 aromatic carbocycles. The zero-order valence-corrected chi connectivity index (χ0v) is 27.8. The molecule has 2 amide bonds. The topological polar surface area (TPSA) is 122 Å². The van der Waals surface area contributed by atoms with E-state index in [9.17, 15) is 23.1 Å². The van der Waals surface area contributed by atoms with Crippen molar-refractivity contribution in [3.63, 3.8) is 0 Å². The van der Waals surface area contributed by atoms with Gasteiger partial charge < -0.3 is 20.5 Å². The lowest BCUT2D eigenvalue weighted by atomic mass is 10.1. The van der Waals surface area contributed by atoms with E-state index in [1.54, 1.807) is 49.4 Å². The van der Waals surface area contributed by atoms with Crippen molar-refractivity contribution in [2.24, 2.45) is 0 Å². The fourth-order valence-corrected chi connectivity index (χ4v) is 6.80. The van der Waals surface area contributed by atoms with Gasteiger partial charge in [-0.05, 0) is 55.3 Å². The van der Waals surface area contributed by atoms with Crippen LogP contribution in [0.5, 0.6) is 11.5 Å². The lowest BCUT2D eigenvalue weighted by Gasteiger charge is -2.18. The Kier molecular flexibility index (Phi) is 14.7. The second kappa shape index (κ2) is 18.4. The highest BCUT2D eigenvalue weighted by molar-refractivity contribution is 7.92. The molecule has 1 atom stereocenters. The molecule has 3 N–H and O–H groups in total. The Labute approximate surface area is 272 Å². The summed E-state index contributed by atoms with van der Waals surface area (Å²) in [5, 5.41) is 14.2. The first-order valence-corrected chi connectivity index (χ1v) is 17.8. The Morgan fingerprint density at radius 2 is 1.40 bits per heavy atom. The van der Waals surface area contributed by atoms with Crippen LogP contribution in [0.4, 0.5) is 11.4 Å². The van der Waals surface area contributed by atoms with Crippen LogP contribution in [0.15, 0.2) is 71.6 Å². The van der Waals surface area contributed by atoms with Gasteiger partial charge in [0.2, 0.25) is 5.91 Å². The Morgan fingerprint density at radius 1 is 0.800 bits per heavy atom. The van der Waals surface area contributed by atoms with Gasteiger partial charge in [-0.15, -0.1) is 0 Å². The smallest absolute Gasteiger partial charge is 0.255 e. The highest BCUT2D eigenvalue weighted by Crippen LogP contribution is 2.35. The second-order valence-corrected chi connectivity index (χ2v) is 13.6. The number of hydrogen-bond donors (Lipinski definition) is 3. The first kappa shape index (κ1) is 35.9. The third kappa shape index (κ3) is 11.1. The molecule has 0 bridgehead atoms. The van der Waals surface area contributed by atoms with Crippen molar-refractivity contribution in [2.45, 2.75) is 94.6 Å². The van der Waals surface area contributed by atoms with Gasteiger partial charge in [-0.2, -0.15) is 0 Å². The molecule has 8 nitrogen and oxygen atoms in total. The molecular formula is C35H45ClN2O6S. The summed E-state index contributed by atoms with van der Waals surface area (Å²) in [4.78, 5) is 25.6. The molecule has 0 aliphatic heterocycles. The number of nitrogens with one attached hydrogen (secondary N) is 2. The van der Waals surface area contributed by atoms with Gasteiger partial charge in [-0.3, -0.25) is 9.59 Å². The second-order valence-electron chi connectivity index (χ2n) is 11.1. The normalized spacial score (nSPS) is 12.0. The molecule has 0 heterocycles. The minimum atomic E-state index is -4.04. The molecule has 0 fully saturated rings. The van der Waals surface area contributed by atoms with Gasteiger partial charge in [0.15, 0.2) is 9.84 Å². The highest BCUT2D eigenvalue weighted by atomic mass is 35.5. The SMILES string of the molecule is CCCCCCCCCCCCOc1ccc(S(=O)(=O)C(CC)C(=O)Nc2cc(O)c(NC(=O)c3ccccc3)cc2Cl)cc1. The number of carbonyl (C=O) groups is 2. The summed E-state index contributed by atoms with van der Waals surface area (Å²) in [7, 11) is -4.04. The predicted octanol–water partition coefficient (Wildman–Crippen LogP) is 8.79. The fourth-order valence-electron chi connectivity index (χ4n) is 4.97. The van der Waals surface area contributed by atoms with Crippen LogP contribution in [0.25, 0.3) is 0 Å². The van der Waals surface area contributed by atoms with Gasteiger partial charge >= 0.3 is 0 Å². The standard InChI is InChI=1S/C35H45ClN2O6S/c1-3-5-6-7-8-9-10-11-12-16-23-44-27-19-21-28(22-20-27)45(42,43)33(4-2)35(41)37-30-25-32(39)31(24-29(30)36)38-34(40)26-17-14-13-15-18-26/h13-15,17-22,24-25,33,39H,3-12,16,23H2,1-2H3,(H,37,41)(H,38,40). The van der Waals surface area contributed by atoms with E-state index in [0.717, 1.165) is 12.8 Å². The summed E-state index contributed by atoms with van der Waals surface area (Å²) < 4.78 is 32.6. The first-order chi connectivity index (χ1) is 21.7. The number of halogens is 1. The van der Waals surface area contributed by atoms with Crippen LogP contribution in [0.2, 0.25) is 5.02 Å². The summed E-state index contributed by atoms with van der Waals surface area (Å²) in [5.41, 5.74) is 0.443. The number of anilines is 2. The Morgan fingerprint density at radius 3 is 2.00 bits per heavy atom. The Hall–Kier alpha value is -3.56. The summed E-state index contributed by atoms with van der Waals surface area (Å²) in [6.07, 6.45) is 12.4. The average molecular weight is 657 g/mol. The van der Waals surface area contributed by atoms with Gasteiger partial charge in [-0.25, -0.2) is 8.42 Å². The lowest BCUT2D eigenvalue weighted by molar-refractivity contribution is -0.115. The van der Waals surface area contributed by atoms with Crippen LogP contribution in [0.3, 0.4) is 0 Å². The van der Waals surface area contributed by atoms with Crippen molar-refractivity contribution >= 4 is 44.6 Å². The minimum absolute atomic E-state index is 0.00343. The van der Waals surface area contributed by atoms with Crippen LogP contribution in [-0.2, 0) is 14.6 Å². The van der Waals surface area contributed by atoms with Crippen LogP contribution in [-0.4, -0.2) is 37.2 Å². The van der Waals surface area contributed by atoms with Crippen LogP contribution >= 0.6 is 11.6 Å². The van der Waals surface area contributed by atoms with Crippen molar-refractivity contribution in [1.29, 1.82) is 0 Å². The number of unbranched alkanes of at least 4 members (excludes halogenated alkanes) is 9. The van der Waals surface area contributed by atoms with Crippen molar-refractivity contribution in [1.82, 2.24) is 0 Å². The van der Waals surface area contributed by atoms with Crippen molar-refractivity contribution < 1.29 is 27.9 Å². The molecule has 45 heavy (non-hydrogen) atoms. The Bertz CT molecular complexity index is 1480. The van der Waals surface area contributed by atoms with E-state index in [4.69, 9.17) is 16.3 Å². The molecule has 0 aliphatic carbocycles. The van der Waals surface area contributed by atoms with E-state index in [-0.39, 0.29) is 33.5 Å². The molecule has 244 valence electrons. The zero-order valence-electron chi connectivity index (χ0n) is 26.2. The van der Waals surface area contributed by atoms with Crippen LogP contribution < -0.4 is 15.4 Å². The number of aromatic hydroxyl groups is 1. The number of rotatable bonds is 19. The molecule has 0 saturated heterocycles. The fraction of sp³-hybridized carbons (Fsp3) is 0.429. The van der Waals surface area contributed by atoms with Gasteiger partial charge in [0.1, 0.15) is 16.7 Å². The van der Waals surface area contributed by atoms with E-state index in [2.05, 4.69) is 17.6 Å². The highest BCUT2D eigenvalue weighted by Gasteiger charge is 2.33. The average Bonchev–Trinajstić information content (AvgIpc) is 3.03. The summed E-state index contributed by atoms with van der Waals surface area (Å²) in [6, 6.07) is 17.0. The zero-order chi connectivity index (χ0) is 32.7. The van der Waals surface area contributed by atoms with Gasteiger partial charge in [0.05, 0.1) is 27.9 Å². The third-order valence-electron chi connectivity index (χ3n) is 7.58. The monoisotopic (exact) mass is 656 g/mol. The number of phenols is 1. The van der Waals surface area contributed by atoms with Crippen LogP contribution in [0, 0.1) is 0 Å². The maximum atomic E-state index is 13.4.